The Morgan fingerprint density at radius 2 is 1.64 bits per heavy atom. The Kier molecular flexibility index (Phi) is 8.64. The first kappa shape index (κ1) is 22.1. The Morgan fingerprint density at radius 3 is 2.25 bits per heavy atom. The number of carbonyl (C=O) groups excluding carboxylic acids is 1. The van der Waals surface area contributed by atoms with Crippen molar-refractivity contribution in [2.45, 2.75) is 52.0 Å². The molecule has 5 nitrogen and oxygen atoms in total. The fraction of sp³-hybridized carbons (Fsp3) is 0.435. The summed E-state index contributed by atoms with van der Waals surface area (Å²) in [6.45, 7) is 4.52. The van der Waals surface area contributed by atoms with Crippen molar-refractivity contribution in [3.8, 4) is 0 Å². The van der Waals surface area contributed by atoms with Crippen LogP contribution in [-0.4, -0.2) is 29.9 Å². The van der Waals surface area contributed by atoms with Gasteiger partial charge in [0.15, 0.2) is 0 Å². The van der Waals surface area contributed by atoms with Crippen LogP contribution in [0, 0.1) is 5.41 Å². The molecule has 0 aliphatic carbocycles. The van der Waals surface area contributed by atoms with Crippen LogP contribution < -0.4 is 11.1 Å². The van der Waals surface area contributed by atoms with Crippen molar-refractivity contribution in [3.63, 3.8) is 0 Å². The molecule has 0 heterocycles. The molecule has 2 aromatic rings. The van der Waals surface area contributed by atoms with E-state index in [0.717, 1.165) is 12.0 Å². The first-order chi connectivity index (χ1) is 13.4. The third kappa shape index (κ3) is 7.43. The van der Waals surface area contributed by atoms with Crippen LogP contribution in [0.4, 0.5) is 0 Å². The summed E-state index contributed by atoms with van der Waals surface area (Å²) in [5, 5.41) is 13.4. The summed E-state index contributed by atoms with van der Waals surface area (Å²) in [4.78, 5) is 12.4. The lowest BCUT2D eigenvalue weighted by Crippen LogP contribution is -2.48. The molecule has 0 saturated carbocycles. The van der Waals surface area contributed by atoms with E-state index in [9.17, 15) is 9.90 Å². The van der Waals surface area contributed by atoms with Gasteiger partial charge in [0.2, 0.25) is 0 Å². The topological polar surface area (TPSA) is 84.6 Å². The summed E-state index contributed by atoms with van der Waals surface area (Å²) in [6, 6.07) is 19.6. The van der Waals surface area contributed by atoms with Crippen LogP contribution in [0.1, 0.15) is 37.8 Å². The van der Waals surface area contributed by atoms with Crippen molar-refractivity contribution in [1.29, 1.82) is 0 Å². The van der Waals surface area contributed by atoms with Gasteiger partial charge in [0.25, 0.3) is 0 Å². The van der Waals surface area contributed by atoms with Gasteiger partial charge < -0.3 is 15.6 Å². The lowest BCUT2D eigenvalue weighted by Gasteiger charge is -2.25. The number of rotatable bonds is 11. The number of esters is 1. The van der Waals surface area contributed by atoms with E-state index in [2.05, 4.69) is 5.32 Å². The number of aryl methyl sites for hydroxylation is 1. The zero-order chi connectivity index (χ0) is 20.4. The summed E-state index contributed by atoms with van der Waals surface area (Å²) in [5.41, 5.74) is 7.56. The molecule has 0 aliphatic heterocycles. The van der Waals surface area contributed by atoms with Crippen molar-refractivity contribution < 1.29 is 14.6 Å². The molecule has 0 fully saturated rings. The maximum Gasteiger partial charge on any atom is 0.311 e. The highest BCUT2D eigenvalue weighted by atomic mass is 16.5. The number of ether oxygens (including phenoxy) is 1. The molecule has 0 amide bonds. The van der Waals surface area contributed by atoms with E-state index in [1.54, 1.807) is 0 Å². The maximum atomic E-state index is 12.4. The van der Waals surface area contributed by atoms with Crippen LogP contribution in [0.25, 0.3) is 0 Å². The Balaban J connectivity index is 1.68. The summed E-state index contributed by atoms with van der Waals surface area (Å²) < 4.78 is 5.44. The number of benzene rings is 2. The van der Waals surface area contributed by atoms with E-state index >= 15 is 0 Å². The molecule has 1 unspecified atom stereocenters. The van der Waals surface area contributed by atoms with Gasteiger partial charge in [-0.3, -0.25) is 10.1 Å². The van der Waals surface area contributed by atoms with Gasteiger partial charge in [0.1, 0.15) is 6.61 Å². The Hall–Kier alpha value is -2.21. The zero-order valence-corrected chi connectivity index (χ0v) is 16.8. The van der Waals surface area contributed by atoms with E-state index in [-0.39, 0.29) is 12.6 Å². The summed E-state index contributed by atoms with van der Waals surface area (Å²) in [6.07, 6.45) is 0.753. The molecular weight excluding hydrogens is 352 g/mol. The largest absolute Gasteiger partial charge is 0.460 e. The van der Waals surface area contributed by atoms with Crippen molar-refractivity contribution in [2.75, 3.05) is 6.54 Å². The normalized spacial score (nSPS) is 13.7. The minimum Gasteiger partial charge on any atom is -0.460 e. The van der Waals surface area contributed by atoms with Crippen LogP contribution in [0.3, 0.4) is 0 Å². The number of hydrogen-bond acceptors (Lipinski definition) is 5. The zero-order valence-electron chi connectivity index (χ0n) is 16.8. The number of carbonyl (C=O) groups is 1. The molecule has 2 atom stereocenters. The number of aliphatic hydroxyl groups is 1. The van der Waals surface area contributed by atoms with Crippen LogP contribution in [0.5, 0.6) is 0 Å². The lowest BCUT2D eigenvalue weighted by molar-refractivity contribution is -0.155. The van der Waals surface area contributed by atoms with Gasteiger partial charge >= 0.3 is 5.97 Å². The van der Waals surface area contributed by atoms with Gasteiger partial charge in [-0.2, -0.15) is 0 Å². The van der Waals surface area contributed by atoms with Crippen molar-refractivity contribution in [2.24, 2.45) is 11.1 Å². The number of nitrogens with one attached hydrogen (secondary N) is 1. The minimum atomic E-state index is -0.645. The smallest absolute Gasteiger partial charge is 0.311 e. The van der Waals surface area contributed by atoms with Crippen LogP contribution >= 0.6 is 0 Å². The van der Waals surface area contributed by atoms with Crippen molar-refractivity contribution >= 4 is 5.97 Å². The van der Waals surface area contributed by atoms with Crippen LogP contribution in [-0.2, 0) is 22.6 Å². The predicted octanol–water partition coefficient (Wildman–Crippen LogP) is 3.01. The van der Waals surface area contributed by atoms with Crippen molar-refractivity contribution in [3.05, 3.63) is 71.8 Å². The second-order valence-corrected chi connectivity index (χ2v) is 7.77. The van der Waals surface area contributed by atoms with Gasteiger partial charge in [-0.05, 0) is 50.8 Å². The quantitative estimate of drug-likeness (QED) is 0.410. The first-order valence-corrected chi connectivity index (χ1v) is 9.80. The van der Waals surface area contributed by atoms with Gasteiger partial charge in [-0.25, -0.2) is 0 Å². The number of nitrogens with two attached hydrogens (primary N) is 1. The standard InChI is InChI=1S/C23H32N2O3/c1-23(2,22(27)28-17-19-11-7-4-8-12-19)15-16-25-21(24)20(26)14-13-18-9-5-3-6-10-18/h3-12,20-21,25-26H,13-17,24H2,1-2H3/t20-,21?/m1/s1. The highest BCUT2D eigenvalue weighted by molar-refractivity contribution is 5.75. The first-order valence-electron chi connectivity index (χ1n) is 9.80. The molecule has 28 heavy (non-hydrogen) atoms. The Bertz CT molecular complexity index is 704. The SMILES string of the molecule is CC(C)(CCNC(N)[C@H](O)CCc1ccccc1)C(=O)OCc1ccccc1. The fourth-order valence-corrected chi connectivity index (χ4v) is 2.85. The molecule has 0 bridgehead atoms. The molecule has 152 valence electrons. The third-order valence-electron chi connectivity index (χ3n) is 4.88. The molecule has 0 saturated heterocycles. The summed E-state index contributed by atoms with van der Waals surface area (Å²) in [7, 11) is 0. The van der Waals surface area contributed by atoms with E-state index in [1.807, 2.05) is 74.5 Å². The molecule has 0 spiro atoms. The Morgan fingerprint density at radius 1 is 1.07 bits per heavy atom. The molecule has 0 aromatic heterocycles. The monoisotopic (exact) mass is 384 g/mol. The molecule has 0 aliphatic rings. The molecular formula is C23H32N2O3. The second-order valence-electron chi connectivity index (χ2n) is 7.77. The molecule has 2 aromatic carbocycles. The molecule has 2 rings (SSSR count). The third-order valence-corrected chi connectivity index (χ3v) is 4.88. The van der Waals surface area contributed by atoms with Gasteiger partial charge in [-0.15, -0.1) is 0 Å². The van der Waals surface area contributed by atoms with Crippen molar-refractivity contribution in [1.82, 2.24) is 5.32 Å². The molecule has 0 radical (unpaired) electrons. The van der Waals surface area contributed by atoms with E-state index in [4.69, 9.17) is 10.5 Å². The van der Waals surface area contributed by atoms with E-state index in [0.29, 0.717) is 19.4 Å². The van der Waals surface area contributed by atoms with Crippen LogP contribution in [0.2, 0.25) is 0 Å². The minimum absolute atomic E-state index is 0.239. The second kappa shape index (κ2) is 11.0. The lowest BCUT2D eigenvalue weighted by atomic mass is 9.89. The van der Waals surface area contributed by atoms with Gasteiger partial charge in [-0.1, -0.05) is 60.7 Å². The van der Waals surface area contributed by atoms with Gasteiger partial charge in [0, 0.05) is 0 Å². The highest BCUT2D eigenvalue weighted by Crippen LogP contribution is 2.22. The fourth-order valence-electron chi connectivity index (χ4n) is 2.85. The Labute approximate surface area is 167 Å². The average molecular weight is 385 g/mol. The highest BCUT2D eigenvalue weighted by Gasteiger charge is 2.29. The summed E-state index contributed by atoms with van der Waals surface area (Å²) >= 11 is 0. The molecule has 4 N–H and O–H groups in total. The number of hydrogen-bond donors (Lipinski definition) is 3. The summed E-state index contributed by atoms with van der Waals surface area (Å²) in [5.74, 6) is -0.239. The molecule has 5 heteroatoms. The predicted molar refractivity (Wildman–Crippen MR) is 111 cm³/mol. The van der Waals surface area contributed by atoms with Gasteiger partial charge in [0.05, 0.1) is 17.7 Å². The number of aliphatic hydroxyl groups excluding tert-OH is 1. The van der Waals surface area contributed by atoms with E-state index < -0.39 is 17.7 Å². The maximum absolute atomic E-state index is 12.4. The van der Waals surface area contributed by atoms with Crippen LogP contribution in [0.15, 0.2) is 60.7 Å². The average Bonchev–Trinajstić information content (AvgIpc) is 2.71. The van der Waals surface area contributed by atoms with E-state index in [1.165, 1.54) is 5.56 Å².